The number of pyridine rings is 1. The number of rotatable bonds is 4. The summed E-state index contributed by atoms with van der Waals surface area (Å²) < 4.78 is 0. The van der Waals surface area contributed by atoms with E-state index in [1.807, 2.05) is 13.8 Å². The molecule has 1 N–H and O–H groups in total. The largest absolute Gasteiger partial charge is 0.478 e. The number of hydrogen-bond acceptors (Lipinski definition) is 3. The van der Waals surface area contributed by atoms with Crippen molar-refractivity contribution in [2.75, 3.05) is 0 Å². The molecule has 1 aliphatic rings. The molecule has 1 aromatic heterocycles. The van der Waals surface area contributed by atoms with Crippen LogP contribution in [0.2, 0.25) is 0 Å². The predicted molar refractivity (Wildman–Crippen MR) is 78.0 cm³/mol. The first-order valence-corrected chi connectivity index (χ1v) is 7.86. The maximum Gasteiger partial charge on any atom is 0.335 e. The minimum Gasteiger partial charge on any atom is -0.478 e. The van der Waals surface area contributed by atoms with Crippen LogP contribution in [-0.4, -0.2) is 21.3 Å². The SMILES string of the molecule is CC(C)c1cc(C(=O)O)cc(SC2CCCCC2)n1. The predicted octanol–water partition coefficient (Wildman–Crippen LogP) is 4.33. The molecule has 1 aliphatic carbocycles. The lowest BCUT2D eigenvalue weighted by molar-refractivity contribution is 0.0696. The molecule has 1 fully saturated rings. The normalized spacial score (nSPS) is 16.8. The van der Waals surface area contributed by atoms with Crippen molar-refractivity contribution in [3.8, 4) is 0 Å². The van der Waals surface area contributed by atoms with E-state index in [4.69, 9.17) is 0 Å². The number of carboxylic acids is 1. The molecule has 0 saturated heterocycles. The highest BCUT2D eigenvalue weighted by Gasteiger charge is 2.17. The van der Waals surface area contributed by atoms with Gasteiger partial charge in [-0.15, -0.1) is 11.8 Å². The fraction of sp³-hybridized carbons (Fsp3) is 0.600. The first-order valence-electron chi connectivity index (χ1n) is 6.98. The van der Waals surface area contributed by atoms with Crippen LogP contribution >= 0.6 is 11.8 Å². The molecule has 3 nitrogen and oxygen atoms in total. The first-order chi connectivity index (χ1) is 9.06. The zero-order chi connectivity index (χ0) is 13.8. The Morgan fingerprint density at radius 1 is 1.32 bits per heavy atom. The minimum atomic E-state index is -0.866. The molecule has 0 bridgehead atoms. The number of hydrogen-bond donors (Lipinski definition) is 1. The van der Waals surface area contributed by atoms with Crippen molar-refractivity contribution < 1.29 is 9.90 Å². The fourth-order valence-electron chi connectivity index (χ4n) is 2.36. The highest BCUT2D eigenvalue weighted by atomic mass is 32.2. The number of aromatic carboxylic acids is 1. The van der Waals surface area contributed by atoms with Crippen LogP contribution in [0.4, 0.5) is 0 Å². The third-order valence-electron chi connectivity index (χ3n) is 3.50. The van der Waals surface area contributed by atoms with Crippen LogP contribution in [0.25, 0.3) is 0 Å². The Labute approximate surface area is 118 Å². The molecule has 2 rings (SSSR count). The van der Waals surface area contributed by atoms with Gasteiger partial charge in [0, 0.05) is 10.9 Å². The van der Waals surface area contributed by atoms with E-state index >= 15 is 0 Å². The molecular weight excluding hydrogens is 258 g/mol. The molecule has 0 radical (unpaired) electrons. The van der Waals surface area contributed by atoms with Gasteiger partial charge in [0.2, 0.25) is 0 Å². The van der Waals surface area contributed by atoms with Gasteiger partial charge >= 0.3 is 5.97 Å². The molecule has 4 heteroatoms. The van der Waals surface area contributed by atoms with Gasteiger partial charge in [0.25, 0.3) is 0 Å². The van der Waals surface area contributed by atoms with Crippen LogP contribution in [0.3, 0.4) is 0 Å². The van der Waals surface area contributed by atoms with Crippen LogP contribution in [0, 0.1) is 0 Å². The van der Waals surface area contributed by atoms with Gasteiger partial charge in [-0.05, 0) is 30.9 Å². The third-order valence-corrected chi connectivity index (χ3v) is 4.76. The van der Waals surface area contributed by atoms with Crippen molar-refractivity contribution in [3.63, 3.8) is 0 Å². The molecule has 0 aliphatic heterocycles. The zero-order valence-electron chi connectivity index (χ0n) is 11.6. The molecule has 1 saturated carbocycles. The first kappa shape index (κ1) is 14.4. The van der Waals surface area contributed by atoms with Gasteiger partial charge in [-0.2, -0.15) is 0 Å². The van der Waals surface area contributed by atoms with E-state index in [0.29, 0.717) is 10.8 Å². The van der Waals surface area contributed by atoms with Crippen molar-refractivity contribution in [3.05, 3.63) is 23.4 Å². The van der Waals surface area contributed by atoms with Crippen molar-refractivity contribution in [2.24, 2.45) is 0 Å². The monoisotopic (exact) mass is 279 g/mol. The minimum absolute atomic E-state index is 0.255. The molecule has 0 amide bonds. The lowest BCUT2D eigenvalue weighted by Crippen LogP contribution is -2.09. The highest BCUT2D eigenvalue weighted by Crippen LogP contribution is 2.33. The van der Waals surface area contributed by atoms with E-state index < -0.39 is 5.97 Å². The molecule has 0 atom stereocenters. The molecular formula is C15H21NO2S. The van der Waals surface area contributed by atoms with E-state index in [-0.39, 0.29) is 5.92 Å². The summed E-state index contributed by atoms with van der Waals surface area (Å²) in [6, 6.07) is 3.41. The smallest absolute Gasteiger partial charge is 0.335 e. The number of thioether (sulfide) groups is 1. The summed E-state index contributed by atoms with van der Waals surface area (Å²) in [5.74, 6) is -0.611. The Hall–Kier alpha value is -1.03. The van der Waals surface area contributed by atoms with Crippen LogP contribution in [-0.2, 0) is 0 Å². The summed E-state index contributed by atoms with van der Waals surface area (Å²) in [6.45, 7) is 4.09. The summed E-state index contributed by atoms with van der Waals surface area (Å²) >= 11 is 1.75. The van der Waals surface area contributed by atoms with Gasteiger partial charge in [0.1, 0.15) is 0 Å². The molecule has 0 unspecified atom stereocenters. The van der Waals surface area contributed by atoms with Crippen molar-refractivity contribution in [1.29, 1.82) is 0 Å². The molecule has 104 valence electrons. The summed E-state index contributed by atoms with van der Waals surface area (Å²) in [4.78, 5) is 15.8. The summed E-state index contributed by atoms with van der Waals surface area (Å²) in [6.07, 6.45) is 6.35. The summed E-state index contributed by atoms with van der Waals surface area (Å²) in [5.41, 5.74) is 1.23. The zero-order valence-corrected chi connectivity index (χ0v) is 12.4. The average molecular weight is 279 g/mol. The average Bonchev–Trinajstić information content (AvgIpc) is 2.39. The topological polar surface area (TPSA) is 50.2 Å². The van der Waals surface area contributed by atoms with Crippen LogP contribution in [0.5, 0.6) is 0 Å². The van der Waals surface area contributed by atoms with E-state index in [2.05, 4.69) is 4.98 Å². The molecule has 19 heavy (non-hydrogen) atoms. The summed E-state index contributed by atoms with van der Waals surface area (Å²) in [5, 5.41) is 10.7. The number of carbonyl (C=O) groups is 1. The van der Waals surface area contributed by atoms with Crippen LogP contribution < -0.4 is 0 Å². The number of carboxylic acid groups (broad SMARTS) is 1. The molecule has 0 spiro atoms. The standard InChI is InChI=1S/C15H21NO2S/c1-10(2)13-8-11(15(17)18)9-14(16-13)19-12-6-4-3-5-7-12/h8-10,12H,3-7H2,1-2H3,(H,17,18). The fourth-order valence-corrected chi connectivity index (χ4v) is 3.62. The Morgan fingerprint density at radius 2 is 2.00 bits per heavy atom. The Morgan fingerprint density at radius 3 is 2.58 bits per heavy atom. The van der Waals surface area contributed by atoms with Crippen LogP contribution in [0.15, 0.2) is 17.2 Å². The van der Waals surface area contributed by atoms with E-state index in [9.17, 15) is 9.90 Å². The highest BCUT2D eigenvalue weighted by molar-refractivity contribution is 7.99. The second-order valence-electron chi connectivity index (χ2n) is 5.46. The van der Waals surface area contributed by atoms with E-state index in [1.165, 1.54) is 32.1 Å². The Balaban J connectivity index is 2.20. The van der Waals surface area contributed by atoms with Crippen molar-refractivity contribution in [1.82, 2.24) is 4.98 Å². The van der Waals surface area contributed by atoms with E-state index in [1.54, 1.807) is 23.9 Å². The molecule has 0 aromatic carbocycles. The number of aromatic nitrogens is 1. The van der Waals surface area contributed by atoms with Crippen molar-refractivity contribution in [2.45, 2.75) is 62.1 Å². The third kappa shape index (κ3) is 3.96. The maximum atomic E-state index is 11.2. The second-order valence-corrected chi connectivity index (χ2v) is 6.78. The lowest BCUT2D eigenvalue weighted by atomic mass is 10.0. The Bertz CT molecular complexity index is 453. The van der Waals surface area contributed by atoms with Gasteiger partial charge in [0.15, 0.2) is 0 Å². The van der Waals surface area contributed by atoms with E-state index in [0.717, 1.165) is 10.7 Å². The van der Waals surface area contributed by atoms with Crippen molar-refractivity contribution >= 4 is 17.7 Å². The Kier molecular flexibility index (Phi) is 4.86. The maximum absolute atomic E-state index is 11.2. The second kappa shape index (κ2) is 6.42. The van der Waals surface area contributed by atoms with Gasteiger partial charge in [0.05, 0.1) is 10.6 Å². The van der Waals surface area contributed by atoms with Crippen LogP contribution in [0.1, 0.15) is 67.9 Å². The van der Waals surface area contributed by atoms with Gasteiger partial charge < -0.3 is 5.11 Å². The lowest BCUT2D eigenvalue weighted by Gasteiger charge is -2.21. The van der Waals surface area contributed by atoms with Gasteiger partial charge in [-0.1, -0.05) is 33.1 Å². The quantitative estimate of drug-likeness (QED) is 0.891. The number of nitrogens with zero attached hydrogens (tertiary/aromatic N) is 1. The van der Waals surface area contributed by atoms with Gasteiger partial charge in [-0.25, -0.2) is 9.78 Å². The summed E-state index contributed by atoms with van der Waals surface area (Å²) in [7, 11) is 0. The molecule has 1 aromatic rings. The van der Waals surface area contributed by atoms with Gasteiger partial charge in [-0.3, -0.25) is 0 Å². The molecule has 1 heterocycles.